The van der Waals surface area contributed by atoms with E-state index in [1.165, 1.54) is 28.5 Å². The van der Waals surface area contributed by atoms with Crippen LogP contribution in [0.2, 0.25) is 0 Å². The SMILES string of the molecule is N#CCSc1nnc2n(Cc3ccc(F)cc3)c(=O)c3ccccc3n12. The lowest BCUT2D eigenvalue weighted by atomic mass is 10.2. The molecule has 0 atom stereocenters. The van der Waals surface area contributed by atoms with Crippen molar-refractivity contribution in [3.8, 4) is 6.07 Å². The van der Waals surface area contributed by atoms with Crippen molar-refractivity contribution in [3.63, 3.8) is 0 Å². The van der Waals surface area contributed by atoms with E-state index in [-0.39, 0.29) is 23.7 Å². The number of halogens is 1. The van der Waals surface area contributed by atoms with Crippen molar-refractivity contribution in [3.05, 3.63) is 70.3 Å². The Kier molecular flexibility index (Phi) is 4.14. The fraction of sp³-hybridized carbons (Fsp3) is 0.111. The first-order valence-corrected chi connectivity index (χ1v) is 8.78. The van der Waals surface area contributed by atoms with Crippen molar-refractivity contribution in [2.45, 2.75) is 11.7 Å². The lowest BCUT2D eigenvalue weighted by molar-refractivity contribution is 0.626. The van der Waals surface area contributed by atoms with Crippen LogP contribution in [-0.4, -0.2) is 24.9 Å². The minimum absolute atomic E-state index is 0.193. The second kappa shape index (κ2) is 6.61. The van der Waals surface area contributed by atoms with E-state index in [2.05, 4.69) is 16.3 Å². The molecule has 0 spiro atoms. The molecule has 0 aliphatic carbocycles. The van der Waals surface area contributed by atoms with Crippen LogP contribution in [0.3, 0.4) is 0 Å². The molecule has 0 fully saturated rings. The predicted octanol–water partition coefficient (Wildman–Crippen LogP) is 2.85. The molecule has 4 rings (SSSR count). The first kappa shape index (κ1) is 16.3. The molecule has 0 aliphatic rings. The van der Waals surface area contributed by atoms with Gasteiger partial charge in [-0.3, -0.25) is 13.8 Å². The van der Waals surface area contributed by atoms with Gasteiger partial charge < -0.3 is 0 Å². The van der Waals surface area contributed by atoms with E-state index in [9.17, 15) is 9.18 Å². The monoisotopic (exact) mass is 365 g/mol. The van der Waals surface area contributed by atoms with Gasteiger partial charge in [-0.1, -0.05) is 36.0 Å². The van der Waals surface area contributed by atoms with Crippen LogP contribution >= 0.6 is 11.8 Å². The average Bonchev–Trinajstić information content (AvgIpc) is 3.09. The van der Waals surface area contributed by atoms with Gasteiger partial charge in [0, 0.05) is 0 Å². The van der Waals surface area contributed by atoms with Crippen molar-refractivity contribution in [2.75, 3.05) is 5.75 Å². The Morgan fingerprint density at radius 1 is 1.12 bits per heavy atom. The topological polar surface area (TPSA) is 76.0 Å². The second-order valence-corrected chi connectivity index (χ2v) is 6.54. The highest BCUT2D eigenvalue weighted by atomic mass is 32.2. The summed E-state index contributed by atoms with van der Waals surface area (Å²) in [5, 5.41) is 18.2. The average molecular weight is 365 g/mol. The fourth-order valence-corrected chi connectivity index (χ4v) is 3.44. The van der Waals surface area contributed by atoms with Gasteiger partial charge in [0.2, 0.25) is 5.78 Å². The molecule has 2 aromatic carbocycles. The summed E-state index contributed by atoms with van der Waals surface area (Å²) in [4.78, 5) is 13.0. The van der Waals surface area contributed by atoms with Gasteiger partial charge in [0.15, 0.2) is 5.16 Å². The number of aromatic nitrogens is 4. The van der Waals surface area contributed by atoms with E-state index in [4.69, 9.17) is 5.26 Å². The summed E-state index contributed by atoms with van der Waals surface area (Å²) >= 11 is 1.26. The number of thioether (sulfide) groups is 1. The summed E-state index contributed by atoms with van der Waals surface area (Å²) in [6.45, 7) is 0.245. The van der Waals surface area contributed by atoms with E-state index < -0.39 is 0 Å². The molecule has 2 heterocycles. The first-order valence-electron chi connectivity index (χ1n) is 7.80. The maximum Gasteiger partial charge on any atom is 0.263 e. The highest BCUT2D eigenvalue weighted by Gasteiger charge is 2.16. The van der Waals surface area contributed by atoms with Crippen LogP contribution in [0.1, 0.15) is 5.56 Å². The van der Waals surface area contributed by atoms with Gasteiger partial charge in [0.05, 0.1) is 29.3 Å². The highest BCUT2D eigenvalue weighted by Crippen LogP contribution is 2.21. The molecule has 0 amide bonds. The Labute approximate surface area is 151 Å². The molecule has 8 heteroatoms. The van der Waals surface area contributed by atoms with Crippen LogP contribution in [0.15, 0.2) is 58.5 Å². The van der Waals surface area contributed by atoms with Crippen molar-refractivity contribution >= 4 is 28.4 Å². The lowest BCUT2D eigenvalue weighted by Gasteiger charge is -2.11. The number of hydrogen-bond acceptors (Lipinski definition) is 5. The molecule has 0 radical (unpaired) electrons. The molecule has 0 saturated heterocycles. The second-order valence-electron chi connectivity index (χ2n) is 5.60. The van der Waals surface area contributed by atoms with Crippen LogP contribution in [0.4, 0.5) is 4.39 Å². The van der Waals surface area contributed by atoms with Gasteiger partial charge in [-0.25, -0.2) is 4.39 Å². The maximum atomic E-state index is 13.2. The molecule has 0 N–H and O–H groups in total. The largest absolute Gasteiger partial charge is 0.272 e. The van der Waals surface area contributed by atoms with Gasteiger partial charge >= 0.3 is 0 Å². The summed E-state index contributed by atoms with van der Waals surface area (Å²) in [7, 11) is 0. The molecule has 26 heavy (non-hydrogen) atoms. The van der Waals surface area contributed by atoms with E-state index in [0.29, 0.717) is 21.8 Å². The lowest BCUT2D eigenvalue weighted by Crippen LogP contribution is -2.24. The molecule has 0 aliphatic heterocycles. The summed E-state index contributed by atoms with van der Waals surface area (Å²) in [6.07, 6.45) is 0. The molecular formula is C18H12FN5OS. The molecule has 0 saturated carbocycles. The van der Waals surface area contributed by atoms with Crippen LogP contribution in [-0.2, 0) is 6.54 Å². The smallest absolute Gasteiger partial charge is 0.263 e. The maximum absolute atomic E-state index is 13.2. The van der Waals surface area contributed by atoms with Crippen LogP contribution < -0.4 is 5.56 Å². The molecule has 4 aromatic rings. The van der Waals surface area contributed by atoms with Crippen LogP contribution in [0, 0.1) is 17.1 Å². The summed E-state index contributed by atoms with van der Waals surface area (Å²) in [5.74, 6) is 0.285. The van der Waals surface area contributed by atoms with Gasteiger partial charge in [-0.15, -0.1) is 10.2 Å². The van der Waals surface area contributed by atoms with Crippen molar-refractivity contribution in [2.24, 2.45) is 0 Å². The fourth-order valence-electron chi connectivity index (χ4n) is 2.84. The minimum Gasteiger partial charge on any atom is -0.272 e. The zero-order valence-corrected chi connectivity index (χ0v) is 14.3. The number of benzene rings is 2. The van der Waals surface area contributed by atoms with E-state index in [1.807, 2.05) is 12.1 Å². The van der Waals surface area contributed by atoms with Gasteiger partial charge in [-0.2, -0.15) is 5.26 Å². The third-order valence-electron chi connectivity index (χ3n) is 4.00. The number of nitrogens with zero attached hydrogens (tertiary/aromatic N) is 5. The van der Waals surface area contributed by atoms with Crippen molar-refractivity contribution < 1.29 is 4.39 Å². The molecule has 6 nitrogen and oxygen atoms in total. The Balaban J connectivity index is 1.97. The van der Waals surface area contributed by atoms with E-state index in [1.54, 1.807) is 28.7 Å². The number of fused-ring (bicyclic) bond motifs is 3. The summed E-state index contributed by atoms with van der Waals surface area (Å²) in [6, 6.07) is 15.3. The molecule has 128 valence electrons. The summed E-state index contributed by atoms with van der Waals surface area (Å²) < 4.78 is 16.5. The minimum atomic E-state index is -0.331. The van der Waals surface area contributed by atoms with Crippen molar-refractivity contribution in [1.82, 2.24) is 19.2 Å². The van der Waals surface area contributed by atoms with Crippen molar-refractivity contribution in [1.29, 1.82) is 5.26 Å². The standard InChI is InChI=1S/C18H12FN5OS/c19-13-7-5-12(6-8-13)11-23-16(25)14-3-1-2-4-15(14)24-17(23)21-22-18(24)26-10-9-20/h1-8H,10-11H2. The van der Waals surface area contributed by atoms with E-state index in [0.717, 1.165) is 5.56 Å². The zero-order chi connectivity index (χ0) is 18.1. The third kappa shape index (κ3) is 2.72. The number of hydrogen-bond donors (Lipinski definition) is 0. The van der Waals surface area contributed by atoms with Gasteiger partial charge in [0.25, 0.3) is 5.56 Å². The van der Waals surface area contributed by atoms with Crippen LogP contribution in [0.5, 0.6) is 0 Å². The number of nitriles is 1. The Morgan fingerprint density at radius 2 is 1.88 bits per heavy atom. The first-order chi connectivity index (χ1) is 12.7. The number of rotatable bonds is 4. The van der Waals surface area contributed by atoms with Gasteiger partial charge in [0.1, 0.15) is 5.82 Å². The normalized spacial score (nSPS) is 11.1. The summed E-state index contributed by atoms with van der Waals surface area (Å²) in [5.41, 5.74) is 1.27. The quantitative estimate of drug-likeness (QED) is 0.520. The third-order valence-corrected chi connectivity index (χ3v) is 4.79. The van der Waals surface area contributed by atoms with E-state index >= 15 is 0 Å². The van der Waals surface area contributed by atoms with Gasteiger partial charge in [-0.05, 0) is 29.8 Å². The predicted molar refractivity (Wildman–Crippen MR) is 96.6 cm³/mol. The molecule has 2 aromatic heterocycles. The Bertz CT molecular complexity index is 1210. The Morgan fingerprint density at radius 3 is 2.65 bits per heavy atom. The highest BCUT2D eigenvalue weighted by molar-refractivity contribution is 7.99. The van der Waals surface area contributed by atoms with Crippen LogP contribution in [0.25, 0.3) is 16.7 Å². The Hall–Kier alpha value is -3.18. The molecule has 0 bridgehead atoms. The molecular weight excluding hydrogens is 353 g/mol. The zero-order valence-electron chi connectivity index (χ0n) is 13.5. The number of para-hydroxylation sites is 1. The molecule has 0 unspecified atom stereocenters.